The molecule has 116 valence electrons. The molecule has 0 saturated carbocycles. The number of anilines is 1. The molecule has 1 fully saturated rings. The zero-order chi connectivity index (χ0) is 15.2. The van der Waals surface area contributed by atoms with Crippen LogP contribution in [0.4, 0.5) is 10.5 Å². The Morgan fingerprint density at radius 3 is 2.76 bits per heavy atom. The highest BCUT2D eigenvalue weighted by Crippen LogP contribution is 2.35. The van der Waals surface area contributed by atoms with Gasteiger partial charge in [-0.1, -0.05) is 11.6 Å². The highest BCUT2D eigenvalue weighted by Gasteiger charge is 2.17. The quantitative estimate of drug-likeness (QED) is 0.876. The molecule has 2 rings (SSSR count). The monoisotopic (exact) mass is 314 g/mol. The normalized spacial score (nSPS) is 17.4. The van der Waals surface area contributed by atoms with Crippen LogP contribution in [0.15, 0.2) is 12.1 Å². The zero-order valence-corrected chi connectivity index (χ0v) is 12.8. The van der Waals surface area contributed by atoms with Gasteiger partial charge in [0.1, 0.15) is 11.5 Å². The lowest BCUT2D eigenvalue weighted by molar-refractivity contribution is 0.112. The van der Waals surface area contributed by atoms with Gasteiger partial charge in [-0.15, -0.1) is 0 Å². The molecule has 2 N–H and O–H groups in total. The second kappa shape index (κ2) is 7.38. The van der Waals surface area contributed by atoms with Crippen molar-refractivity contribution in [2.45, 2.75) is 18.9 Å². The van der Waals surface area contributed by atoms with Crippen LogP contribution in [0.25, 0.3) is 0 Å². The number of carbonyl (C=O) groups excluding carboxylic acids is 1. The number of benzene rings is 1. The number of urea groups is 1. The molecule has 0 aromatic heterocycles. The number of amides is 2. The fourth-order valence-electron chi connectivity index (χ4n) is 2.14. The van der Waals surface area contributed by atoms with E-state index in [2.05, 4.69) is 10.6 Å². The van der Waals surface area contributed by atoms with Crippen molar-refractivity contribution in [3.63, 3.8) is 0 Å². The third kappa shape index (κ3) is 4.15. The average Bonchev–Trinajstić information content (AvgIpc) is 2.99. The third-order valence-corrected chi connectivity index (χ3v) is 3.53. The average molecular weight is 315 g/mol. The van der Waals surface area contributed by atoms with Gasteiger partial charge in [-0.25, -0.2) is 4.79 Å². The van der Waals surface area contributed by atoms with Gasteiger partial charge in [0.15, 0.2) is 0 Å². The van der Waals surface area contributed by atoms with Crippen LogP contribution < -0.4 is 20.1 Å². The fourth-order valence-corrected chi connectivity index (χ4v) is 2.37. The summed E-state index contributed by atoms with van der Waals surface area (Å²) in [6, 6.07) is 2.89. The van der Waals surface area contributed by atoms with E-state index in [1.807, 2.05) is 0 Å². The van der Waals surface area contributed by atoms with Crippen LogP contribution in [0.2, 0.25) is 5.02 Å². The van der Waals surface area contributed by atoms with Gasteiger partial charge in [0.2, 0.25) is 0 Å². The Labute approximate surface area is 128 Å². The Kier molecular flexibility index (Phi) is 5.52. The Morgan fingerprint density at radius 2 is 2.14 bits per heavy atom. The van der Waals surface area contributed by atoms with Gasteiger partial charge in [-0.05, 0) is 12.8 Å². The van der Waals surface area contributed by atoms with Crippen molar-refractivity contribution in [1.82, 2.24) is 5.32 Å². The minimum atomic E-state index is -0.326. The first-order valence-electron chi connectivity index (χ1n) is 6.72. The lowest BCUT2D eigenvalue weighted by atomic mass is 10.2. The summed E-state index contributed by atoms with van der Waals surface area (Å²) in [6.07, 6.45) is 2.10. The van der Waals surface area contributed by atoms with Gasteiger partial charge < -0.3 is 24.8 Å². The molecule has 0 aliphatic carbocycles. The minimum Gasteiger partial charge on any atom is -0.495 e. The first kappa shape index (κ1) is 15.7. The molecular weight excluding hydrogens is 296 g/mol. The van der Waals surface area contributed by atoms with Crippen LogP contribution in [0.1, 0.15) is 12.8 Å². The van der Waals surface area contributed by atoms with Crippen LogP contribution >= 0.6 is 11.6 Å². The number of ether oxygens (including phenoxy) is 3. The number of hydrogen-bond acceptors (Lipinski definition) is 4. The van der Waals surface area contributed by atoms with E-state index >= 15 is 0 Å². The van der Waals surface area contributed by atoms with E-state index in [0.717, 1.165) is 19.4 Å². The highest BCUT2D eigenvalue weighted by atomic mass is 35.5. The second-order valence-corrected chi connectivity index (χ2v) is 5.06. The van der Waals surface area contributed by atoms with E-state index in [0.29, 0.717) is 28.8 Å². The molecule has 1 aliphatic heterocycles. The summed E-state index contributed by atoms with van der Waals surface area (Å²) >= 11 is 6.01. The van der Waals surface area contributed by atoms with Crippen LogP contribution in [0.5, 0.6) is 11.5 Å². The standard InChI is InChI=1S/C14H19ClN2O4/c1-19-12-7-11(13(20-2)6-10(12)15)17-14(18)16-8-9-4-3-5-21-9/h6-7,9H,3-5,8H2,1-2H3,(H2,16,17,18). The first-order chi connectivity index (χ1) is 10.1. The van der Waals surface area contributed by atoms with Crippen molar-refractivity contribution in [2.75, 3.05) is 32.7 Å². The fraction of sp³-hybridized carbons (Fsp3) is 0.500. The number of nitrogens with one attached hydrogen (secondary N) is 2. The maximum absolute atomic E-state index is 11.9. The number of hydrogen-bond donors (Lipinski definition) is 2. The van der Waals surface area contributed by atoms with Crippen molar-refractivity contribution < 1.29 is 19.0 Å². The number of carbonyl (C=O) groups is 1. The van der Waals surface area contributed by atoms with E-state index in [-0.39, 0.29) is 12.1 Å². The maximum Gasteiger partial charge on any atom is 0.319 e. The molecule has 1 aliphatic rings. The Balaban J connectivity index is 1.98. The van der Waals surface area contributed by atoms with Gasteiger partial charge in [0.05, 0.1) is 31.0 Å². The lowest BCUT2D eigenvalue weighted by Gasteiger charge is -2.15. The van der Waals surface area contributed by atoms with E-state index in [1.165, 1.54) is 14.2 Å². The largest absolute Gasteiger partial charge is 0.495 e. The molecule has 6 nitrogen and oxygen atoms in total. The molecule has 1 aromatic rings. The number of methoxy groups -OCH3 is 2. The zero-order valence-electron chi connectivity index (χ0n) is 12.1. The van der Waals surface area contributed by atoms with Gasteiger partial charge in [-0.2, -0.15) is 0 Å². The molecule has 0 radical (unpaired) electrons. The molecule has 0 spiro atoms. The van der Waals surface area contributed by atoms with Crippen molar-refractivity contribution in [1.29, 1.82) is 0 Å². The summed E-state index contributed by atoms with van der Waals surface area (Å²) in [5, 5.41) is 5.91. The molecule has 1 heterocycles. The second-order valence-electron chi connectivity index (χ2n) is 4.66. The van der Waals surface area contributed by atoms with E-state index in [9.17, 15) is 4.79 Å². The molecule has 0 bridgehead atoms. The summed E-state index contributed by atoms with van der Waals surface area (Å²) in [4.78, 5) is 11.9. The molecule has 21 heavy (non-hydrogen) atoms. The summed E-state index contributed by atoms with van der Waals surface area (Å²) in [5.74, 6) is 0.931. The van der Waals surface area contributed by atoms with Crippen molar-refractivity contribution in [2.24, 2.45) is 0 Å². The van der Waals surface area contributed by atoms with Gasteiger partial charge in [0, 0.05) is 25.3 Å². The smallest absolute Gasteiger partial charge is 0.319 e. The summed E-state index contributed by atoms with van der Waals surface area (Å²) in [5.41, 5.74) is 0.489. The van der Waals surface area contributed by atoms with E-state index < -0.39 is 0 Å². The minimum absolute atomic E-state index is 0.0948. The summed E-state index contributed by atoms with van der Waals surface area (Å²) in [6.45, 7) is 1.25. The van der Waals surface area contributed by atoms with Crippen molar-refractivity contribution >= 4 is 23.3 Å². The SMILES string of the molecule is COc1cc(NC(=O)NCC2CCCO2)c(OC)cc1Cl. The predicted molar refractivity (Wildman–Crippen MR) is 80.6 cm³/mol. The van der Waals surface area contributed by atoms with Crippen LogP contribution in [-0.4, -0.2) is 39.5 Å². The topological polar surface area (TPSA) is 68.8 Å². The number of rotatable bonds is 5. The molecule has 1 saturated heterocycles. The lowest BCUT2D eigenvalue weighted by Crippen LogP contribution is -2.35. The third-order valence-electron chi connectivity index (χ3n) is 3.24. The van der Waals surface area contributed by atoms with E-state index in [1.54, 1.807) is 12.1 Å². The first-order valence-corrected chi connectivity index (χ1v) is 7.09. The Bertz CT molecular complexity index is 504. The van der Waals surface area contributed by atoms with Gasteiger partial charge >= 0.3 is 6.03 Å². The Hall–Kier alpha value is -1.66. The van der Waals surface area contributed by atoms with E-state index in [4.69, 9.17) is 25.8 Å². The number of halogens is 1. The summed E-state index contributed by atoms with van der Waals surface area (Å²) in [7, 11) is 3.02. The summed E-state index contributed by atoms with van der Waals surface area (Å²) < 4.78 is 15.8. The Morgan fingerprint density at radius 1 is 1.38 bits per heavy atom. The van der Waals surface area contributed by atoms with Crippen molar-refractivity contribution in [3.8, 4) is 11.5 Å². The molecule has 1 aromatic carbocycles. The molecule has 7 heteroatoms. The van der Waals surface area contributed by atoms with Crippen LogP contribution in [0.3, 0.4) is 0 Å². The maximum atomic E-state index is 11.9. The highest BCUT2D eigenvalue weighted by molar-refractivity contribution is 6.32. The molecular formula is C14H19ClN2O4. The van der Waals surface area contributed by atoms with Crippen molar-refractivity contribution in [3.05, 3.63) is 17.2 Å². The molecule has 1 unspecified atom stereocenters. The van der Waals surface area contributed by atoms with Gasteiger partial charge in [0.25, 0.3) is 0 Å². The van der Waals surface area contributed by atoms with Crippen LogP contribution in [-0.2, 0) is 4.74 Å². The van der Waals surface area contributed by atoms with Crippen LogP contribution in [0, 0.1) is 0 Å². The molecule has 2 amide bonds. The molecule has 1 atom stereocenters. The predicted octanol–water partition coefficient (Wildman–Crippen LogP) is 2.66. The van der Waals surface area contributed by atoms with Gasteiger partial charge in [-0.3, -0.25) is 0 Å².